The molecule has 0 aromatic heterocycles. The van der Waals surface area contributed by atoms with Gasteiger partial charge in [0.05, 0.1) is 6.54 Å². The van der Waals surface area contributed by atoms with Gasteiger partial charge in [0.25, 0.3) is 0 Å². The first-order chi connectivity index (χ1) is 6.70. The number of likely N-dealkylation sites (N-methyl/N-ethyl adjacent to an activating group) is 1. The molecule has 3 unspecified atom stereocenters. The molecule has 3 atom stereocenters. The van der Waals surface area contributed by atoms with E-state index in [0.717, 1.165) is 24.3 Å². The van der Waals surface area contributed by atoms with Crippen LogP contribution in [0.15, 0.2) is 0 Å². The summed E-state index contributed by atoms with van der Waals surface area (Å²) in [6.45, 7) is 1.08. The number of carbonyl (C=O) groups is 1. The third-order valence-electron chi connectivity index (χ3n) is 3.99. The molecule has 0 radical (unpaired) electrons. The molecule has 3 nitrogen and oxygen atoms in total. The summed E-state index contributed by atoms with van der Waals surface area (Å²) in [5.41, 5.74) is 5.33. The van der Waals surface area contributed by atoms with Gasteiger partial charge in [-0.05, 0) is 37.0 Å². The van der Waals surface area contributed by atoms with Gasteiger partial charge in [-0.25, -0.2) is 0 Å². The van der Waals surface area contributed by atoms with Gasteiger partial charge in [-0.2, -0.15) is 0 Å². The van der Waals surface area contributed by atoms with Gasteiger partial charge in [-0.15, -0.1) is 0 Å². The SMILES string of the molecule is CN(CC1CC2CCC1C2)C(=O)CN. The molecular formula is C11H20N2O. The van der Waals surface area contributed by atoms with Crippen molar-refractivity contribution in [3.8, 4) is 0 Å². The van der Waals surface area contributed by atoms with Crippen molar-refractivity contribution in [2.24, 2.45) is 23.5 Å². The topological polar surface area (TPSA) is 46.3 Å². The van der Waals surface area contributed by atoms with Crippen LogP contribution in [0, 0.1) is 17.8 Å². The van der Waals surface area contributed by atoms with Crippen molar-refractivity contribution in [1.29, 1.82) is 0 Å². The zero-order valence-electron chi connectivity index (χ0n) is 8.91. The van der Waals surface area contributed by atoms with Gasteiger partial charge in [-0.1, -0.05) is 6.42 Å². The van der Waals surface area contributed by atoms with Crippen LogP contribution in [-0.2, 0) is 4.79 Å². The Morgan fingerprint density at radius 2 is 2.21 bits per heavy atom. The third kappa shape index (κ3) is 1.78. The molecule has 2 aliphatic carbocycles. The van der Waals surface area contributed by atoms with Crippen LogP contribution in [-0.4, -0.2) is 30.9 Å². The second kappa shape index (κ2) is 3.89. The number of nitrogens with zero attached hydrogens (tertiary/aromatic N) is 1. The average molecular weight is 196 g/mol. The Bertz CT molecular complexity index is 229. The maximum Gasteiger partial charge on any atom is 0.236 e. The molecule has 2 N–H and O–H groups in total. The largest absolute Gasteiger partial charge is 0.344 e. The Kier molecular flexibility index (Phi) is 2.77. The summed E-state index contributed by atoms with van der Waals surface area (Å²) in [5, 5.41) is 0. The molecule has 2 fully saturated rings. The molecule has 2 saturated carbocycles. The summed E-state index contributed by atoms with van der Waals surface area (Å²) in [4.78, 5) is 13.1. The van der Waals surface area contributed by atoms with Crippen LogP contribution >= 0.6 is 0 Å². The summed E-state index contributed by atoms with van der Waals surface area (Å²) in [6.07, 6.45) is 5.57. The Morgan fingerprint density at radius 3 is 2.71 bits per heavy atom. The van der Waals surface area contributed by atoms with E-state index in [9.17, 15) is 4.79 Å². The van der Waals surface area contributed by atoms with Crippen molar-refractivity contribution in [2.75, 3.05) is 20.1 Å². The van der Waals surface area contributed by atoms with Crippen molar-refractivity contribution in [1.82, 2.24) is 4.90 Å². The molecule has 3 heteroatoms. The highest BCUT2D eigenvalue weighted by Crippen LogP contribution is 2.48. The summed E-state index contributed by atoms with van der Waals surface area (Å²) < 4.78 is 0. The minimum absolute atomic E-state index is 0.0766. The minimum Gasteiger partial charge on any atom is -0.344 e. The van der Waals surface area contributed by atoms with Crippen LogP contribution < -0.4 is 5.73 Å². The molecule has 0 saturated heterocycles. The van der Waals surface area contributed by atoms with Crippen molar-refractivity contribution in [3.63, 3.8) is 0 Å². The van der Waals surface area contributed by atoms with E-state index < -0.39 is 0 Å². The van der Waals surface area contributed by atoms with Gasteiger partial charge in [0.15, 0.2) is 0 Å². The molecule has 2 bridgehead atoms. The van der Waals surface area contributed by atoms with E-state index in [1.165, 1.54) is 25.7 Å². The summed E-state index contributed by atoms with van der Waals surface area (Å²) in [7, 11) is 1.88. The van der Waals surface area contributed by atoms with E-state index in [-0.39, 0.29) is 12.5 Å². The van der Waals surface area contributed by atoms with Crippen molar-refractivity contribution in [2.45, 2.75) is 25.7 Å². The standard InChI is InChI=1S/C11H20N2O/c1-13(11(14)6-12)7-10-5-8-2-3-9(10)4-8/h8-10H,2-7,12H2,1H3. The van der Waals surface area contributed by atoms with Crippen molar-refractivity contribution >= 4 is 5.91 Å². The van der Waals surface area contributed by atoms with Crippen LogP contribution in [0.3, 0.4) is 0 Å². The first kappa shape index (κ1) is 9.97. The number of amides is 1. The number of hydrogen-bond acceptors (Lipinski definition) is 2. The van der Waals surface area contributed by atoms with Crippen LogP contribution in [0.4, 0.5) is 0 Å². The smallest absolute Gasteiger partial charge is 0.236 e. The lowest BCUT2D eigenvalue weighted by atomic mass is 9.88. The van der Waals surface area contributed by atoms with Crippen molar-refractivity contribution < 1.29 is 4.79 Å². The summed E-state index contributed by atoms with van der Waals surface area (Å²) in [6, 6.07) is 0. The fourth-order valence-corrected chi connectivity index (χ4v) is 3.21. The van der Waals surface area contributed by atoms with Crippen LogP contribution in [0.2, 0.25) is 0 Å². The number of rotatable bonds is 3. The van der Waals surface area contributed by atoms with Gasteiger partial charge >= 0.3 is 0 Å². The van der Waals surface area contributed by atoms with E-state index in [0.29, 0.717) is 0 Å². The molecule has 0 heterocycles. The molecule has 80 valence electrons. The van der Waals surface area contributed by atoms with E-state index in [1.54, 1.807) is 0 Å². The van der Waals surface area contributed by atoms with Crippen LogP contribution in [0.25, 0.3) is 0 Å². The predicted molar refractivity (Wildman–Crippen MR) is 55.6 cm³/mol. The lowest BCUT2D eigenvalue weighted by Gasteiger charge is -2.26. The second-order valence-electron chi connectivity index (χ2n) is 4.91. The molecule has 0 aromatic rings. The summed E-state index contributed by atoms with van der Waals surface area (Å²) >= 11 is 0. The normalized spacial score (nSPS) is 34.9. The zero-order valence-corrected chi connectivity index (χ0v) is 8.91. The highest BCUT2D eigenvalue weighted by atomic mass is 16.2. The maximum atomic E-state index is 11.3. The fraction of sp³-hybridized carbons (Fsp3) is 0.909. The van der Waals surface area contributed by atoms with Crippen molar-refractivity contribution in [3.05, 3.63) is 0 Å². The van der Waals surface area contributed by atoms with E-state index in [1.807, 2.05) is 11.9 Å². The molecular weight excluding hydrogens is 176 g/mol. The molecule has 2 rings (SSSR count). The van der Waals surface area contributed by atoms with E-state index >= 15 is 0 Å². The number of carbonyl (C=O) groups excluding carboxylic acids is 1. The minimum atomic E-state index is 0.0766. The third-order valence-corrected chi connectivity index (χ3v) is 3.99. The predicted octanol–water partition coefficient (Wildman–Crippen LogP) is 0.840. The Morgan fingerprint density at radius 1 is 1.43 bits per heavy atom. The number of hydrogen-bond donors (Lipinski definition) is 1. The Hall–Kier alpha value is -0.570. The highest BCUT2D eigenvalue weighted by molar-refractivity contribution is 5.77. The molecule has 0 aliphatic heterocycles. The first-order valence-corrected chi connectivity index (χ1v) is 5.64. The fourth-order valence-electron chi connectivity index (χ4n) is 3.21. The lowest BCUT2D eigenvalue weighted by molar-refractivity contribution is -0.129. The second-order valence-corrected chi connectivity index (χ2v) is 4.91. The monoisotopic (exact) mass is 196 g/mol. The van der Waals surface area contributed by atoms with Gasteiger partial charge in [0, 0.05) is 13.6 Å². The quantitative estimate of drug-likeness (QED) is 0.727. The zero-order chi connectivity index (χ0) is 10.1. The molecule has 0 spiro atoms. The molecule has 2 aliphatic rings. The maximum absolute atomic E-state index is 11.3. The average Bonchev–Trinajstić information content (AvgIpc) is 2.77. The van der Waals surface area contributed by atoms with Crippen LogP contribution in [0.1, 0.15) is 25.7 Å². The van der Waals surface area contributed by atoms with Gasteiger partial charge in [0.1, 0.15) is 0 Å². The first-order valence-electron chi connectivity index (χ1n) is 5.64. The molecule has 1 amide bonds. The summed E-state index contributed by atoms with van der Waals surface area (Å²) in [5.74, 6) is 2.70. The van der Waals surface area contributed by atoms with E-state index in [2.05, 4.69) is 0 Å². The number of nitrogens with two attached hydrogens (primary N) is 1. The van der Waals surface area contributed by atoms with Crippen LogP contribution in [0.5, 0.6) is 0 Å². The van der Waals surface area contributed by atoms with Gasteiger partial charge < -0.3 is 10.6 Å². The lowest BCUT2D eigenvalue weighted by Crippen LogP contribution is -2.37. The highest BCUT2D eigenvalue weighted by Gasteiger charge is 2.39. The van der Waals surface area contributed by atoms with E-state index in [4.69, 9.17) is 5.73 Å². The Balaban J connectivity index is 1.83. The Labute approximate surface area is 85.6 Å². The van der Waals surface area contributed by atoms with Gasteiger partial charge in [0.2, 0.25) is 5.91 Å². The molecule has 14 heavy (non-hydrogen) atoms. The molecule has 0 aromatic carbocycles. The number of fused-ring (bicyclic) bond motifs is 2. The van der Waals surface area contributed by atoms with Gasteiger partial charge in [-0.3, -0.25) is 4.79 Å².